The summed E-state index contributed by atoms with van der Waals surface area (Å²) in [5.41, 5.74) is 1.05. The Labute approximate surface area is 140 Å². The van der Waals surface area contributed by atoms with Crippen LogP contribution in [0.2, 0.25) is 0 Å². The fourth-order valence-corrected chi connectivity index (χ4v) is 2.90. The van der Waals surface area contributed by atoms with E-state index in [0.29, 0.717) is 18.4 Å². The van der Waals surface area contributed by atoms with E-state index in [2.05, 4.69) is 31.0 Å². The topological polar surface area (TPSA) is 41.6 Å². The molecule has 1 unspecified atom stereocenters. The second kappa shape index (κ2) is 8.92. The zero-order chi connectivity index (χ0) is 16.7. The number of carbonyl (C=O) groups excluding carboxylic acids is 1. The first-order chi connectivity index (χ1) is 11.1. The molecule has 2 rings (SSSR count). The summed E-state index contributed by atoms with van der Waals surface area (Å²) >= 11 is 0. The Kier molecular flexibility index (Phi) is 6.90. The summed E-state index contributed by atoms with van der Waals surface area (Å²) in [5, 5.41) is 3.35. The van der Waals surface area contributed by atoms with Crippen LogP contribution in [0.3, 0.4) is 0 Å². The largest absolute Gasteiger partial charge is 0.493 e. The first-order valence-corrected chi connectivity index (χ1v) is 8.82. The predicted molar refractivity (Wildman–Crippen MR) is 93.8 cm³/mol. The quantitative estimate of drug-likeness (QED) is 0.801. The van der Waals surface area contributed by atoms with E-state index in [4.69, 9.17) is 4.74 Å². The van der Waals surface area contributed by atoms with Gasteiger partial charge in [0.1, 0.15) is 5.75 Å². The van der Waals surface area contributed by atoms with E-state index in [0.717, 1.165) is 50.4 Å². The first-order valence-electron chi connectivity index (χ1n) is 8.82. The second-order valence-electron chi connectivity index (χ2n) is 6.76. The highest BCUT2D eigenvalue weighted by atomic mass is 16.5. The van der Waals surface area contributed by atoms with E-state index in [1.165, 1.54) is 0 Å². The van der Waals surface area contributed by atoms with Gasteiger partial charge >= 0.3 is 0 Å². The zero-order valence-corrected chi connectivity index (χ0v) is 14.7. The molecule has 1 fully saturated rings. The van der Waals surface area contributed by atoms with Crippen molar-refractivity contribution in [1.82, 2.24) is 10.2 Å². The van der Waals surface area contributed by atoms with Crippen molar-refractivity contribution in [3.05, 3.63) is 29.8 Å². The van der Waals surface area contributed by atoms with Crippen molar-refractivity contribution in [3.63, 3.8) is 0 Å². The molecule has 1 heterocycles. The van der Waals surface area contributed by atoms with Crippen molar-refractivity contribution in [2.24, 2.45) is 5.92 Å². The summed E-state index contributed by atoms with van der Waals surface area (Å²) < 4.78 is 5.69. The van der Waals surface area contributed by atoms with Gasteiger partial charge in [-0.1, -0.05) is 32.9 Å². The summed E-state index contributed by atoms with van der Waals surface area (Å²) in [7, 11) is 0. The number of nitrogens with zero attached hydrogens (tertiary/aromatic N) is 1. The van der Waals surface area contributed by atoms with E-state index in [-0.39, 0.29) is 5.91 Å². The Morgan fingerprint density at radius 1 is 1.35 bits per heavy atom. The number of rotatable bonds is 8. The molecule has 1 atom stereocenters. The van der Waals surface area contributed by atoms with Crippen LogP contribution in [0.1, 0.15) is 39.2 Å². The van der Waals surface area contributed by atoms with Crippen LogP contribution in [0.4, 0.5) is 0 Å². The fourth-order valence-electron chi connectivity index (χ4n) is 2.90. The smallest absolute Gasteiger partial charge is 0.227 e. The van der Waals surface area contributed by atoms with Gasteiger partial charge in [-0.2, -0.15) is 0 Å². The Balaban J connectivity index is 1.92. The lowest BCUT2D eigenvalue weighted by atomic mass is 10.1. The third-order valence-electron chi connectivity index (χ3n) is 4.12. The van der Waals surface area contributed by atoms with Gasteiger partial charge in [0.2, 0.25) is 5.91 Å². The van der Waals surface area contributed by atoms with Crippen molar-refractivity contribution in [3.8, 4) is 5.75 Å². The summed E-state index contributed by atoms with van der Waals surface area (Å²) in [4.78, 5) is 14.7. The van der Waals surface area contributed by atoms with Gasteiger partial charge in [0, 0.05) is 19.1 Å². The van der Waals surface area contributed by atoms with Gasteiger partial charge in [-0.05, 0) is 43.0 Å². The SMILES string of the molecule is CCCN(C(=O)Cc1ccc(OCC(C)C)cc1)C1CCNC1. The summed E-state index contributed by atoms with van der Waals surface area (Å²) in [6.45, 7) is 9.90. The molecule has 1 aromatic rings. The molecule has 0 radical (unpaired) electrons. The molecule has 128 valence electrons. The van der Waals surface area contributed by atoms with Gasteiger partial charge in [-0.3, -0.25) is 4.79 Å². The van der Waals surface area contributed by atoms with E-state index < -0.39 is 0 Å². The average molecular weight is 318 g/mol. The maximum atomic E-state index is 12.7. The van der Waals surface area contributed by atoms with Crippen LogP contribution in [0.5, 0.6) is 5.75 Å². The Morgan fingerprint density at radius 3 is 2.65 bits per heavy atom. The number of nitrogens with one attached hydrogen (secondary N) is 1. The van der Waals surface area contributed by atoms with Gasteiger partial charge in [0.25, 0.3) is 0 Å². The number of benzene rings is 1. The molecule has 1 saturated heterocycles. The molecular weight excluding hydrogens is 288 g/mol. The van der Waals surface area contributed by atoms with Crippen LogP contribution in [0.15, 0.2) is 24.3 Å². The molecule has 23 heavy (non-hydrogen) atoms. The molecule has 4 heteroatoms. The monoisotopic (exact) mass is 318 g/mol. The molecule has 1 aliphatic heterocycles. The highest BCUT2D eigenvalue weighted by molar-refractivity contribution is 5.79. The first kappa shape index (κ1) is 17.8. The van der Waals surface area contributed by atoms with Crippen LogP contribution < -0.4 is 10.1 Å². The molecule has 0 bridgehead atoms. The molecule has 0 spiro atoms. The Bertz CT molecular complexity index is 479. The number of hydrogen-bond acceptors (Lipinski definition) is 3. The highest BCUT2D eigenvalue weighted by Gasteiger charge is 2.25. The van der Waals surface area contributed by atoms with Crippen LogP contribution in [-0.2, 0) is 11.2 Å². The molecule has 1 aromatic carbocycles. The van der Waals surface area contributed by atoms with Crippen molar-refractivity contribution in [1.29, 1.82) is 0 Å². The van der Waals surface area contributed by atoms with E-state index in [9.17, 15) is 4.79 Å². The third-order valence-corrected chi connectivity index (χ3v) is 4.12. The van der Waals surface area contributed by atoms with Crippen molar-refractivity contribution >= 4 is 5.91 Å². The lowest BCUT2D eigenvalue weighted by molar-refractivity contribution is -0.132. The molecule has 1 N–H and O–H groups in total. The molecular formula is C19H30N2O2. The molecule has 4 nitrogen and oxygen atoms in total. The normalized spacial score (nSPS) is 17.5. The Hall–Kier alpha value is -1.55. The lowest BCUT2D eigenvalue weighted by Crippen LogP contribution is -2.42. The maximum absolute atomic E-state index is 12.7. The van der Waals surface area contributed by atoms with Crippen molar-refractivity contribution in [2.75, 3.05) is 26.2 Å². The van der Waals surface area contributed by atoms with Gasteiger partial charge < -0.3 is 15.0 Å². The maximum Gasteiger partial charge on any atom is 0.227 e. The summed E-state index contributed by atoms with van der Waals surface area (Å²) in [6.07, 6.45) is 2.54. The molecule has 1 amide bonds. The number of carbonyl (C=O) groups is 1. The van der Waals surface area contributed by atoms with Crippen LogP contribution >= 0.6 is 0 Å². The number of hydrogen-bond donors (Lipinski definition) is 1. The van der Waals surface area contributed by atoms with E-state index in [1.807, 2.05) is 24.3 Å². The number of ether oxygens (including phenoxy) is 1. The summed E-state index contributed by atoms with van der Waals surface area (Å²) in [6, 6.07) is 8.30. The Morgan fingerprint density at radius 2 is 2.09 bits per heavy atom. The minimum Gasteiger partial charge on any atom is -0.493 e. The van der Waals surface area contributed by atoms with Crippen LogP contribution in [-0.4, -0.2) is 43.1 Å². The molecule has 0 aromatic heterocycles. The van der Waals surface area contributed by atoms with Gasteiger partial charge in [-0.25, -0.2) is 0 Å². The molecule has 1 aliphatic rings. The minimum atomic E-state index is 0.233. The van der Waals surface area contributed by atoms with Crippen LogP contribution in [0, 0.1) is 5.92 Å². The van der Waals surface area contributed by atoms with Crippen molar-refractivity contribution in [2.45, 2.75) is 46.1 Å². The molecule has 0 saturated carbocycles. The minimum absolute atomic E-state index is 0.233. The highest BCUT2D eigenvalue weighted by Crippen LogP contribution is 2.16. The van der Waals surface area contributed by atoms with Gasteiger partial charge in [0.05, 0.1) is 13.0 Å². The van der Waals surface area contributed by atoms with Crippen molar-refractivity contribution < 1.29 is 9.53 Å². The standard InChI is InChI=1S/C19H30N2O2/c1-4-11-21(17-9-10-20-13-17)19(22)12-16-5-7-18(8-6-16)23-14-15(2)3/h5-8,15,17,20H,4,9-14H2,1-3H3. The average Bonchev–Trinajstić information content (AvgIpc) is 3.05. The second-order valence-corrected chi connectivity index (χ2v) is 6.76. The van der Waals surface area contributed by atoms with E-state index in [1.54, 1.807) is 0 Å². The third kappa shape index (κ3) is 5.54. The van der Waals surface area contributed by atoms with Crippen LogP contribution in [0.25, 0.3) is 0 Å². The summed E-state index contributed by atoms with van der Waals surface area (Å²) in [5.74, 6) is 1.62. The van der Waals surface area contributed by atoms with E-state index >= 15 is 0 Å². The predicted octanol–water partition coefficient (Wildman–Crippen LogP) is 2.86. The fraction of sp³-hybridized carbons (Fsp3) is 0.632. The van der Waals surface area contributed by atoms with Gasteiger partial charge in [-0.15, -0.1) is 0 Å². The zero-order valence-electron chi connectivity index (χ0n) is 14.7. The molecule has 0 aliphatic carbocycles. The number of amides is 1. The van der Waals surface area contributed by atoms with Gasteiger partial charge in [0.15, 0.2) is 0 Å². The lowest BCUT2D eigenvalue weighted by Gasteiger charge is -2.28.